The monoisotopic (exact) mass is 234 g/mol. The van der Waals surface area contributed by atoms with Gasteiger partial charge in [-0.05, 0) is 29.8 Å². The third-order valence-electron chi connectivity index (χ3n) is 2.17. The molecule has 0 radical (unpaired) electrons. The highest BCUT2D eigenvalue weighted by molar-refractivity contribution is 7.98. The summed E-state index contributed by atoms with van der Waals surface area (Å²) in [6.07, 6.45) is 0. The number of rotatable bonds is 3. The van der Waals surface area contributed by atoms with Crippen molar-refractivity contribution in [1.82, 2.24) is 0 Å². The zero-order valence-electron chi connectivity index (χ0n) is 8.56. The summed E-state index contributed by atoms with van der Waals surface area (Å²) < 4.78 is 12.7. The highest BCUT2D eigenvalue weighted by Gasteiger charge is 2.01. The molecule has 0 bridgehead atoms. The molecule has 0 aliphatic heterocycles. The molecule has 0 amide bonds. The standard InChI is InChI=1S/C13H11FOS/c14-11-7-5-10(6-8-11)9-16-13-4-2-1-3-12(13)15/h1-8,15H,9H2. The van der Waals surface area contributed by atoms with Gasteiger partial charge in [-0.3, -0.25) is 0 Å². The van der Waals surface area contributed by atoms with Crippen LogP contribution in [0.5, 0.6) is 5.75 Å². The zero-order valence-corrected chi connectivity index (χ0v) is 9.38. The molecule has 0 aliphatic carbocycles. The number of halogens is 1. The van der Waals surface area contributed by atoms with Crippen LogP contribution in [-0.2, 0) is 5.75 Å². The van der Waals surface area contributed by atoms with Crippen molar-refractivity contribution in [2.75, 3.05) is 0 Å². The van der Waals surface area contributed by atoms with Crippen LogP contribution in [0.1, 0.15) is 5.56 Å². The second kappa shape index (κ2) is 5.03. The van der Waals surface area contributed by atoms with E-state index in [0.717, 1.165) is 16.2 Å². The fraction of sp³-hybridized carbons (Fsp3) is 0.0769. The molecule has 0 saturated heterocycles. The number of hydrogen-bond acceptors (Lipinski definition) is 2. The summed E-state index contributed by atoms with van der Waals surface area (Å²) in [6.45, 7) is 0. The number of aromatic hydroxyl groups is 1. The van der Waals surface area contributed by atoms with Crippen LogP contribution in [0.2, 0.25) is 0 Å². The Hall–Kier alpha value is -1.48. The van der Waals surface area contributed by atoms with Gasteiger partial charge in [0.15, 0.2) is 0 Å². The minimum atomic E-state index is -0.226. The number of thioether (sulfide) groups is 1. The maximum Gasteiger partial charge on any atom is 0.129 e. The van der Waals surface area contributed by atoms with E-state index in [2.05, 4.69) is 0 Å². The van der Waals surface area contributed by atoms with E-state index in [1.54, 1.807) is 24.3 Å². The van der Waals surface area contributed by atoms with Gasteiger partial charge in [-0.2, -0.15) is 0 Å². The van der Waals surface area contributed by atoms with E-state index in [4.69, 9.17) is 0 Å². The van der Waals surface area contributed by atoms with Gasteiger partial charge in [0.25, 0.3) is 0 Å². The Morgan fingerprint density at radius 3 is 2.38 bits per heavy atom. The quantitative estimate of drug-likeness (QED) is 0.815. The molecule has 0 unspecified atom stereocenters. The summed E-state index contributed by atoms with van der Waals surface area (Å²) in [5.41, 5.74) is 1.04. The molecule has 0 aliphatic rings. The number of hydrogen-bond donors (Lipinski definition) is 1. The second-order valence-corrected chi connectivity index (χ2v) is 4.40. The van der Waals surface area contributed by atoms with Crippen LogP contribution in [0.3, 0.4) is 0 Å². The Balaban J connectivity index is 2.02. The molecule has 1 nitrogen and oxygen atoms in total. The van der Waals surface area contributed by atoms with E-state index in [-0.39, 0.29) is 11.6 Å². The number of para-hydroxylation sites is 1. The van der Waals surface area contributed by atoms with Gasteiger partial charge in [0.1, 0.15) is 11.6 Å². The summed E-state index contributed by atoms with van der Waals surface area (Å²) in [5.74, 6) is 0.781. The Bertz CT molecular complexity index is 468. The molecular formula is C13H11FOS. The van der Waals surface area contributed by atoms with Crippen LogP contribution in [0.15, 0.2) is 53.4 Å². The van der Waals surface area contributed by atoms with Crippen LogP contribution in [0.25, 0.3) is 0 Å². The first-order valence-corrected chi connectivity index (χ1v) is 5.89. The average Bonchev–Trinajstić information content (AvgIpc) is 2.30. The predicted octanol–water partition coefficient (Wildman–Crippen LogP) is 3.82. The van der Waals surface area contributed by atoms with Gasteiger partial charge in [0.05, 0.1) is 0 Å². The van der Waals surface area contributed by atoms with E-state index in [9.17, 15) is 9.50 Å². The summed E-state index contributed by atoms with van der Waals surface area (Å²) in [4.78, 5) is 0.840. The van der Waals surface area contributed by atoms with Gasteiger partial charge in [-0.1, -0.05) is 24.3 Å². The predicted molar refractivity (Wildman–Crippen MR) is 64.1 cm³/mol. The zero-order chi connectivity index (χ0) is 11.4. The minimum absolute atomic E-state index is 0.226. The highest BCUT2D eigenvalue weighted by atomic mass is 32.2. The van der Waals surface area contributed by atoms with Crippen molar-refractivity contribution in [3.8, 4) is 5.75 Å². The molecule has 82 valence electrons. The minimum Gasteiger partial charge on any atom is -0.507 e. The lowest BCUT2D eigenvalue weighted by Gasteiger charge is -2.03. The molecule has 0 fully saturated rings. The Morgan fingerprint density at radius 2 is 1.69 bits per heavy atom. The SMILES string of the molecule is Oc1ccccc1SCc1ccc(F)cc1. The second-order valence-electron chi connectivity index (χ2n) is 3.38. The molecule has 0 spiro atoms. The first kappa shape index (κ1) is 11.0. The van der Waals surface area contributed by atoms with Gasteiger partial charge < -0.3 is 5.11 Å². The Kier molecular flexibility index (Phi) is 3.47. The summed E-state index contributed by atoms with van der Waals surface area (Å²) in [5, 5.41) is 9.55. The van der Waals surface area contributed by atoms with Crippen LogP contribution in [-0.4, -0.2) is 5.11 Å². The average molecular weight is 234 g/mol. The Morgan fingerprint density at radius 1 is 1.00 bits per heavy atom. The van der Waals surface area contributed by atoms with Crippen molar-refractivity contribution in [2.24, 2.45) is 0 Å². The van der Waals surface area contributed by atoms with Crippen LogP contribution < -0.4 is 0 Å². The first-order chi connectivity index (χ1) is 7.75. The molecule has 1 N–H and O–H groups in total. The van der Waals surface area contributed by atoms with Crippen molar-refractivity contribution in [1.29, 1.82) is 0 Å². The molecular weight excluding hydrogens is 223 g/mol. The fourth-order valence-corrected chi connectivity index (χ4v) is 2.23. The maximum atomic E-state index is 12.7. The molecule has 3 heteroatoms. The van der Waals surface area contributed by atoms with Crippen molar-refractivity contribution in [3.63, 3.8) is 0 Å². The van der Waals surface area contributed by atoms with Crippen molar-refractivity contribution in [3.05, 3.63) is 59.9 Å². The topological polar surface area (TPSA) is 20.2 Å². The lowest BCUT2D eigenvalue weighted by atomic mass is 10.2. The van der Waals surface area contributed by atoms with E-state index in [0.29, 0.717) is 0 Å². The van der Waals surface area contributed by atoms with E-state index in [1.165, 1.54) is 23.9 Å². The van der Waals surface area contributed by atoms with Gasteiger partial charge in [-0.25, -0.2) is 4.39 Å². The smallest absolute Gasteiger partial charge is 0.129 e. The highest BCUT2D eigenvalue weighted by Crippen LogP contribution is 2.30. The lowest BCUT2D eigenvalue weighted by molar-refractivity contribution is 0.462. The van der Waals surface area contributed by atoms with Crippen molar-refractivity contribution < 1.29 is 9.50 Å². The lowest BCUT2D eigenvalue weighted by Crippen LogP contribution is -1.81. The molecule has 0 atom stereocenters. The normalized spacial score (nSPS) is 10.3. The molecule has 0 saturated carbocycles. The van der Waals surface area contributed by atoms with Crippen molar-refractivity contribution >= 4 is 11.8 Å². The molecule has 2 aromatic rings. The van der Waals surface area contributed by atoms with Gasteiger partial charge in [0, 0.05) is 10.6 Å². The van der Waals surface area contributed by atoms with Crippen molar-refractivity contribution in [2.45, 2.75) is 10.6 Å². The van der Waals surface area contributed by atoms with Crippen LogP contribution >= 0.6 is 11.8 Å². The van der Waals surface area contributed by atoms with Gasteiger partial charge >= 0.3 is 0 Å². The largest absolute Gasteiger partial charge is 0.507 e. The molecule has 2 rings (SSSR count). The third-order valence-corrected chi connectivity index (χ3v) is 3.31. The molecule has 2 aromatic carbocycles. The van der Waals surface area contributed by atoms with E-state index < -0.39 is 0 Å². The van der Waals surface area contributed by atoms with Gasteiger partial charge in [-0.15, -0.1) is 11.8 Å². The first-order valence-electron chi connectivity index (χ1n) is 4.91. The molecule has 0 heterocycles. The maximum absolute atomic E-state index is 12.7. The fourth-order valence-electron chi connectivity index (χ4n) is 1.32. The summed E-state index contributed by atoms with van der Waals surface area (Å²) in [7, 11) is 0. The molecule has 0 aromatic heterocycles. The van der Waals surface area contributed by atoms with Crippen LogP contribution in [0.4, 0.5) is 4.39 Å². The third kappa shape index (κ3) is 2.76. The van der Waals surface area contributed by atoms with E-state index >= 15 is 0 Å². The van der Waals surface area contributed by atoms with Gasteiger partial charge in [0.2, 0.25) is 0 Å². The number of phenols is 1. The molecule has 16 heavy (non-hydrogen) atoms. The van der Waals surface area contributed by atoms with E-state index in [1.807, 2.05) is 12.1 Å². The number of benzene rings is 2. The van der Waals surface area contributed by atoms with Crippen LogP contribution in [0, 0.1) is 5.82 Å². The summed E-state index contributed by atoms with van der Waals surface area (Å²) in [6, 6.07) is 13.6. The summed E-state index contributed by atoms with van der Waals surface area (Å²) >= 11 is 1.53. The number of phenolic OH excluding ortho intramolecular Hbond substituents is 1. The Labute approximate surface area is 97.9 Å².